The number of aromatic carboxylic acids is 1. The van der Waals surface area contributed by atoms with Crippen molar-refractivity contribution in [3.05, 3.63) is 58.4 Å². The van der Waals surface area contributed by atoms with E-state index in [0.717, 1.165) is 11.0 Å². The van der Waals surface area contributed by atoms with Crippen molar-refractivity contribution in [1.29, 1.82) is 0 Å². The Morgan fingerprint density at radius 2 is 1.81 bits per heavy atom. The fourth-order valence-electron chi connectivity index (χ4n) is 2.46. The Labute approximate surface area is 119 Å². The summed E-state index contributed by atoms with van der Waals surface area (Å²) in [7, 11) is 0. The molecule has 0 spiro atoms. The Morgan fingerprint density at radius 1 is 1.14 bits per heavy atom. The molecule has 0 radical (unpaired) electrons. The molecule has 0 amide bonds. The molecule has 0 saturated carbocycles. The van der Waals surface area contributed by atoms with Gasteiger partial charge in [-0.3, -0.25) is 9.13 Å². The molecule has 2 aromatic heterocycles. The van der Waals surface area contributed by atoms with Crippen molar-refractivity contribution in [3.8, 4) is 0 Å². The van der Waals surface area contributed by atoms with Crippen LogP contribution >= 0.6 is 0 Å². The third kappa shape index (κ3) is 2.14. The predicted octanol–water partition coefficient (Wildman–Crippen LogP) is 2.16. The minimum atomic E-state index is -1.12. The number of hydrogen-bond acceptors (Lipinski definition) is 3. The van der Waals surface area contributed by atoms with Crippen molar-refractivity contribution in [2.45, 2.75) is 20.0 Å². The first-order chi connectivity index (χ1) is 10.1. The molecule has 6 nitrogen and oxygen atoms in total. The Kier molecular flexibility index (Phi) is 3.13. The molecule has 108 valence electrons. The quantitative estimate of drug-likeness (QED) is 0.797. The summed E-state index contributed by atoms with van der Waals surface area (Å²) < 4.78 is 8.49. The van der Waals surface area contributed by atoms with Crippen LogP contribution in [-0.2, 0) is 13.1 Å². The van der Waals surface area contributed by atoms with Crippen LogP contribution in [0.2, 0.25) is 0 Å². The van der Waals surface area contributed by atoms with Gasteiger partial charge in [0.2, 0.25) is 5.76 Å². The molecule has 1 aromatic carbocycles. The highest BCUT2D eigenvalue weighted by molar-refractivity contribution is 5.84. The lowest BCUT2D eigenvalue weighted by atomic mass is 10.3. The van der Waals surface area contributed by atoms with Crippen LogP contribution in [-0.4, -0.2) is 20.2 Å². The van der Waals surface area contributed by atoms with Gasteiger partial charge in [-0.15, -0.1) is 0 Å². The molecule has 21 heavy (non-hydrogen) atoms. The lowest BCUT2D eigenvalue weighted by Gasteiger charge is -2.00. The molecule has 0 aliphatic heterocycles. The number of para-hydroxylation sites is 2. The van der Waals surface area contributed by atoms with Crippen LogP contribution in [0.4, 0.5) is 0 Å². The van der Waals surface area contributed by atoms with E-state index in [1.165, 1.54) is 6.07 Å². The van der Waals surface area contributed by atoms with E-state index in [1.54, 1.807) is 15.2 Å². The fraction of sp³-hybridized carbons (Fsp3) is 0.200. The SMILES string of the molecule is CCn1c(=O)n(Cc2ccc(C(=O)O)o2)c2ccccc21. The Hall–Kier alpha value is -2.76. The average molecular weight is 286 g/mol. The maximum Gasteiger partial charge on any atom is 0.371 e. The van der Waals surface area contributed by atoms with E-state index >= 15 is 0 Å². The van der Waals surface area contributed by atoms with Crippen molar-refractivity contribution in [3.63, 3.8) is 0 Å². The second-order valence-corrected chi connectivity index (χ2v) is 4.67. The van der Waals surface area contributed by atoms with E-state index in [1.807, 2.05) is 31.2 Å². The molecular formula is C15H14N2O4. The number of fused-ring (bicyclic) bond motifs is 1. The largest absolute Gasteiger partial charge is 0.475 e. The molecule has 0 aliphatic carbocycles. The van der Waals surface area contributed by atoms with Gasteiger partial charge in [0.15, 0.2) is 0 Å². The summed E-state index contributed by atoms with van der Waals surface area (Å²) in [5.41, 5.74) is 1.53. The first kappa shape index (κ1) is 13.2. The van der Waals surface area contributed by atoms with Crippen molar-refractivity contribution in [2.24, 2.45) is 0 Å². The molecule has 0 saturated heterocycles. The molecule has 6 heteroatoms. The summed E-state index contributed by atoms with van der Waals surface area (Å²) in [6.07, 6.45) is 0. The number of aromatic nitrogens is 2. The highest BCUT2D eigenvalue weighted by Crippen LogP contribution is 2.15. The molecule has 2 heterocycles. The summed E-state index contributed by atoms with van der Waals surface area (Å²) in [6.45, 7) is 2.69. The summed E-state index contributed by atoms with van der Waals surface area (Å²) in [5, 5.41) is 8.87. The molecule has 0 unspecified atom stereocenters. The lowest BCUT2D eigenvalue weighted by molar-refractivity contribution is 0.0660. The number of carboxylic acids is 1. The van der Waals surface area contributed by atoms with Crippen LogP contribution in [0.15, 0.2) is 45.6 Å². The smallest absolute Gasteiger partial charge is 0.371 e. The molecule has 0 fully saturated rings. The number of carbonyl (C=O) groups is 1. The van der Waals surface area contributed by atoms with Crippen molar-refractivity contribution < 1.29 is 14.3 Å². The number of nitrogens with zero attached hydrogens (tertiary/aromatic N) is 2. The maximum atomic E-state index is 12.4. The minimum Gasteiger partial charge on any atom is -0.475 e. The molecular weight excluding hydrogens is 272 g/mol. The summed E-state index contributed by atoms with van der Waals surface area (Å²) in [4.78, 5) is 23.3. The highest BCUT2D eigenvalue weighted by atomic mass is 16.4. The zero-order valence-corrected chi connectivity index (χ0v) is 11.4. The highest BCUT2D eigenvalue weighted by Gasteiger charge is 2.14. The lowest BCUT2D eigenvalue weighted by Crippen LogP contribution is -2.24. The number of aryl methyl sites for hydroxylation is 1. The average Bonchev–Trinajstić information content (AvgIpc) is 3.04. The zero-order valence-electron chi connectivity index (χ0n) is 11.4. The molecule has 0 aliphatic rings. The fourth-order valence-corrected chi connectivity index (χ4v) is 2.46. The standard InChI is InChI=1S/C15H14N2O4/c1-2-16-11-5-3-4-6-12(11)17(15(16)20)9-10-7-8-13(21-10)14(18)19/h3-8H,2,9H2,1H3,(H,18,19). The third-order valence-corrected chi connectivity index (χ3v) is 3.43. The van der Waals surface area contributed by atoms with E-state index in [-0.39, 0.29) is 18.0 Å². The van der Waals surface area contributed by atoms with Crippen LogP contribution in [0.25, 0.3) is 11.0 Å². The molecule has 3 rings (SSSR count). The number of furan rings is 1. The number of imidazole rings is 1. The number of carboxylic acid groups (broad SMARTS) is 1. The van der Waals surface area contributed by atoms with Crippen LogP contribution in [0, 0.1) is 0 Å². The number of hydrogen-bond donors (Lipinski definition) is 1. The first-order valence-electron chi connectivity index (χ1n) is 6.62. The van der Waals surface area contributed by atoms with Crippen LogP contribution in [0.5, 0.6) is 0 Å². The number of rotatable bonds is 4. The van der Waals surface area contributed by atoms with Gasteiger partial charge in [0.1, 0.15) is 5.76 Å². The first-order valence-corrected chi connectivity index (χ1v) is 6.62. The zero-order chi connectivity index (χ0) is 15.0. The predicted molar refractivity (Wildman–Crippen MR) is 76.6 cm³/mol. The second kappa shape index (κ2) is 4.97. The Balaban J connectivity index is 2.09. The van der Waals surface area contributed by atoms with Gasteiger partial charge in [0.25, 0.3) is 0 Å². The molecule has 1 N–H and O–H groups in total. The van der Waals surface area contributed by atoms with Gasteiger partial charge in [0.05, 0.1) is 17.6 Å². The molecule has 3 aromatic rings. The summed E-state index contributed by atoms with van der Waals surface area (Å²) in [6, 6.07) is 10.5. The van der Waals surface area contributed by atoms with Crippen molar-refractivity contribution in [2.75, 3.05) is 0 Å². The van der Waals surface area contributed by atoms with Crippen molar-refractivity contribution >= 4 is 17.0 Å². The van der Waals surface area contributed by atoms with Gasteiger partial charge in [-0.1, -0.05) is 12.1 Å². The monoisotopic (exact) mass is 286 g/mol. The molecule has 0 atom stereocenters. The van der Waals surface area contributed by atoms with Gasteiger partial charge >= 0.3 is 11.7 Å². The third-order valence-electron chi connectivity index (χ3n) is 3.43. The maximum absolute atomic E-state index is 12.4. The second-order valence-electron chi connectivity index (χ2n) is 4.67. The normalized spacial score (nSPS) is 11.1. The number of benzene rings is 1. The van der Waals surface area contributed by atoms with Gasteiger partial charge in [-0.25, -0.2) is 9.59 Å². The minimum absolute atomic E-state index is 0.128. The van der Waals surface area contributed by atoms with Crippen LogP contribution < -0.4 is 5.69 Å². The van der Waals surface area contributed by atoms with Crippen LogP contribution in [0.1, 0.15) is 23.2 Å². The Bertz CT molecular complexity index is 869. The summed E-state index contributed by atoms with van der Waals surface area (Å²) >= 11 is 0. The van der Waals surface area contributed by atoms with Crippen molar-refractivity contribution in [1.82, 2.24) is 9.13 Å². The Morgan fingerprint density at radius 3 is 2.38 bits per heavy atom. The van der Waals surface area contributed by atoms with E-state index in [4.69, 9.17) is 9.52 Å². The summed E-state index contributed by atoms with van der Waals surface area (Å²) in [5.74, 6) is -0.810. The van der Waals surface area contributed by atoms with Gasteiger partial charge in [-0.05, 0) is 31.2 Å². The van der Waals surface area contributed by atoms with E-state index < -0.39 is 5.97 Å². The van der Waals surface area contributed by atoms with Gasteiger partial charge < -0.3 is 9.52 Å². The van der Waals surface area contributed by atoms with Crippen LogP contribution in [0.3, 0.4) is 0 Å². The van der Waals surface area contributed by atoms with E-state index in [2.05, 4.69) is 0 Å². The molecule has 0 bridgehead atoms. The topological polar surface area (TPSA) is 77.4 Å². The van der Waals surface area contributed by atoms with E-state index in [0.29, 0.717) is 12.3 Å². The van der Waals surface area contributed by atoms with Gasteiger partial charge in [0, 0.05) is 6.54 Å². The van der Waals surface area contributed by atoms with Gasteiger partial charge in [-0.2, -0.15) is 0 Å². The van der Waals surface area contributed by atoms with E-state index in [9.17, 15) is 9.59 Å².